The number of carboxylic acid groups (broad SMARTS) is 1. The minimum Gasteiger partial charge on any atom is -0.481 e. The molecule has 1 aromatic rings. The van der Waals surface area contributed by atoms with Crippen LogP contribution in [0.15, 0.2) is 11.0 Å². The van der Waals surface area contributed by atoms with Gasteiger partial charge in [0.2, 0.25) is 10.0 Å². The molecule has 0 aromatic carbocycles. The average molecular weight is 358 g/mol. The Morgan fingerprint density at radius 2 is 2.20 bits per heavy atom. The van der Waals surface area contributed by atoms with Gasteiger partial charge in [-0.2, -0.15) is 4.31 Å². The summed E-state index contributed by atoms with van der Waals surface area (Å²) in [5, 5.41) is 8.81. The van der Waals surface area contributed by atoms with Crippen molar-refractivity contribution in [2.24, 2.45) is 5.92 Å². The second kappa shape index (κ2) is 6.19. The zero-order valence-electron chi connectivity index (χ0n) is 10.4. The Morgan fingerprint density at radius 3 is 2.75 bits per heavy atom. The van der Waals surface area contributed by atoms with Gasteiger partial charge in [0.1, 0.15) is 9.23 Å². The largest absolute Gasteiger partial charge is 0.481 e. The molecule has 112 valence electrons. The highest BCUT2D eigenvalue weighted by atomic mass is 35.5. The predicted octanol–water partition coefficient (Wildman–Crippen LogP) is 2.93. The lowest BCUT2D eigenvalue weighted by Crippen LogP contribution is -2.40. The van der Waals surface area contributed by atoms with Crippen molar-refractivity contribution in [3.63, 3.8) is 0 Å². The summed E-state index contributed by atoms with van der Waals surface area (Å²) in [5.74, 6) is -1.07. The standard InChI is InChI=1S/C11H13Cl2NO4S2/c12-9-5-8(11(13)19-9)20(17,18)14-3-1-2-7(6-14)4-10(15)16/h5,7H,1-4,6H2,(H,15,16). The normalized spacial score (nSPS) is 21.0. The van der Waals surface area contributed by atoms with Crippen LogP contribution in [-0.4, -0.2) is 36.9 Å². The van der Waals surface area contributed by atoms with Crippen LogP contribution in [0, 0.1) is 5.92 Å². The molecule has 0 radical (unpaired) electrons. The molecular formula is C11H13Cl2NO4S2. The average Bonchev–Trinajstić information content (AvgIpc) is 2.68. The summed E-state index contributed by atoms with van der Waals surface area (Å²) in [6.07, 6.45) is 1.34. The Kier molecular flexibility index (Phi) is 4.96. The first-order valence-electron chi connectivity index (χ1n) is 5.97. The van der Waals surface area contributed by atoms with Crippen molar-refractivity contribution in [3.8, 4) is 0 Å². The van der Waals surface area contributed by atoms with Gasteiger partial charge in [-0.25, -0.2) is 8.42 Å². The van der Waals surface area contributed by atoms with Gasteiger partial charge >= 0.3 is 5.97 Å². The van der Waals surface area contributed by atoms with Gasteiger partial charge in [-0.3, -0.25) is 4.79 Å². The van der Waals surface area contributed by atoms with E-state index in [-0.39, 0.29) is 28.1 Å². The zero-order chi connectivity index (χ0) is 14.9. The third-order valence-corrected chi connectivity index (χ3v) is 6.81. The molecule has 1 aliphatic rings. The van der Waals surface area contributed by atoms with Crippen LogP contribution in [0.5, 0.6) is 0 Å². The molecule has 0 saturated carbocycles. The van der Waals surface area contributed by atoms with Crippen molar-refractivity contribution in [2.45, 2.75) is 24.2 Å². The summed E-state index contributed by atoms with van der Waals surface area (Å²) in [7, 11) is -3.71. The van der Waals surface area contributed by atoms with Crippen LogP contribution in [-0.2, 0) is 14.8 Å². The number of rotatable bonds is 4. The van der Waals surface area contributed by atoms with Gasteiger partial charge in [0, 0.05) is 19.5 Å². The van der Waals surface area contributed by atoms with E-state index in [1.165, 1.54) is 10.4 Å². The van der Waals surface area contributed by atoms with Gasteiger partial charge in [0.05, 0.1) is 4.34 Å². The fraction of sp³-hybridized carbons (Fsp3) is 0.545. The smallest absolute Gasteiger partial charge is 0.303 e. The van der Waals surface area contributed by atoms with Crippen molar-refractivity contribution in [1.29, 1.82) is 0 Å². The molecule has 20 heavy (non-hydrogen) atoms. The quantitative estimate of drug-likeness (QED) is 0.898. The highest BCUT2D eigenvalue weighted by Crippen LogP contribution is 2.37. The van der Waals surface area contributed by atoms with Crippen LogP contribution in [0.2, 0.25) is 8.67 Å². The molecule has 0 spiro atoms. The van der Waals surface area contributed by atoms with Crippen molar-refractivity contribution in [3.05, 3.63) is 14.7 Å². The monoisotopic (exact) mass is 357 g/mol. The maximum absolute atomic E-state index is 12.5. The van der Waals surface area contributed by atoms with Crippen LogP contribution in [0.1, 0.15) is 19.3 Å². The summed E-state index contributed by atoms with van der Waals surface area (Å²) >= 11 is 12.7. The number of nitrogens with zero attached hydrogens (tertiary/aromatic N) is 1. The van der Waals surface area contributed by atoms with E-state index in [2.05, 4.69) is 0 Å². The second-order valence-electron chi connectivity index (χ2n) is 4.66. The van der Waals surface area contributed by atoms with Gasteiger partial charge in [-0.1, -0.05) is 23.2 Å². The third kappa shape index (κ3) is 3.46. The molecule has 0 bridgehead atoms. The Hall–Kier alpha value is -0.340. The molecule has 9 heteroatoms. The molecular weight excluding hydrogens is 345 g/mol. The first kappa shape index (κ1) is 16.0. The lowest BCUT2D eigenvalue weighted by atomic mass is 9.96. The van der Waals surface area contributed by atoms with E-state index in [4.69, 9.17) is 28.3 Å². The Morgan fingerprint density at radius 1 is 1.50 bits per heavy atom. The summed E-state index contributed by atoms with van der Waals surface area (Å²) < 4.78 is 26.7. The van der Waals surface area contributed by atoms with Crippen LogP contribution in [0.3, 0.4) is 0 Å². The van der Waals surface area contributed by atoms with E-state index >= 15 is 0 Å². The third-order valence-electron chi connectivity index (χ3n) is 3.19. The zero-order valence-corrected chi connectivity index (χ0v) is 13.5. The summed E-state index contributed by atoms with van der Waals surface area (Å²) in [4.78, 5) is 10.8. The van der Waals surface area contributed by atoms with Gasteiger partial charge < -0.3 is 5.11 Å². The molecule has 1 N–H and O–H groups in total. The molecule has 1 fully saturated rings. The maximum atomic E-state index is 12.5. The van der Waals surface area contributed by atoms with E-state index in [0.717, 1.165) is 17.8 Å². The van der Waals surface area contributed by atoms with E-state index in [1.54, 1.807) is 0 Å². The van der Waals surface area contributed by atoms with Crippen molar-refractivity contribution in [1.82, 2.24) is 4.31 Å². The number of halogens is 2. The molecule has 1 atom stereocenters. The van der Waals surface area contributed by atoms with Gasteiger partial charge in [0.15, 0.2) is 0 Å². The van der Waals surface area contributed by atoms with E-state index in [0.29, 0.717) is 17.3 Å². The minimum atomic E-state index is -3.71. The molecule has 2 heterocycles. The molecule has 1 saturated heterocycles. The summed E-state index contributed by atoms with van der Waals surface area (Å²) in [5.41, 5.74) is 0. The van der Waals surface area contributed by atoms with E-state index in [1.807, 2.05) is 0 Å². The Bertz CT molecular complexity index is 614. The predicted molar refractivity (Wildman–Crippen MR) is 78.1 cm³/mol. The number of hydrogen-bond acceptors (Lipinski definition) is 4. The van der Waals surface area contributed by atoms with Crippen LogP contribution in [0.4, 0.5) is 0 Å². The number of aliphatic carboxylic acids is 1. The first-order valence-corrected chi connectivity index (χ1v) is 8.98. The van der Waals surface area contributed by atoms with Crippen molar-refractivity contribution in [2.75, 3.05) is 13.1 Å². The van der Waals surface area contributed by atoms with Crippen molar-refractivity contribution >= 4 is 50.5 Å². The molecule has 0 amide bonds. The van der Waals surface area contributed by atoms with Crippen molar-refractivity contribution < 1.29 is 18.3 Å². The minimum absolute atomic E-state index is 0.00476. The molecule has 1 unspecified atom stereocenters. The lowest BCUT2D eigenvalue weighted by Gasteiger charge is -2.31. The SMILES string of the molecule is O=C(O)CC1CCCN(S(=O)(=O)c2cc(Cl)sc2Cl)C1. The molecule has 0 aliphatic carbocycles. The van der Waals surface area contributed by atoms with Crippen LogP contribution < -0.4 is 0 Å². The Balaban J connectivity index is 2.21. The highest BCUT2D eigenvalue weighted by Gasteiger charge is 2.33. The van der Waals surface area contributed by atoms with E-state index in [9.17, 15) is 13.2 Å². The number of thiophene rings is 1. The molecule has 1 aromatic heterocycles. The fourth-order valence-corrected chi connectivity index (χ4v) is 5.97. The molecule has 5 nitrogen and oxygen atoms in total. The lowest BCUT2D eigenvalue weighted by molar-refractivity contribution is -0.138. The van der Waals surface area contributed by atoms with Gasteiger partial charge in [-0.15, -0.1) is 11.3 Å². The fourth-order valence-electron chi connectivity index (χ4n) is 2.30. The maximum Gasteiger partial charge on any atom is 0.303 e. The number of sulfonamides is 1. The van der Waals surface area contributed by atoms with E-state index < -0.39 is 16.0 Å². The molecule has 2 rings (SSSR count). The Labute approximate surface area is 131 Å². The number of carboxylic acids is 1. The van der Waals surface area contributed by atoms with Crippen LogP contribution in [0.25, 0.3) is 0 Å². The number of hydrogen-bond donors (Lipinski definition) is 1. The summed E-state index contributed by atoms with van der Waals surface area (Å²) in [6, 6.07) is 1.34. The first-order chi connectivity index (χ1) is 9.30. The second-order valence-corrected chi connectivity index (χ2v) is 8.85. The molecule has 1 aliphatic heterocycles. The topological polar surface area (TPSA) is 74.7 Å². The van der Waals surface area contributed by atoms with Gasteiger partial charge in [-0.05, 0) is 24.8 Å². The van der Waals surface area contributed by atoms with Crippen LogP contribution >= 0.6 is 34.5 Å². The van der Waals surface area contributed by atoms with Gasteiger partial charge in [0.25, 0.3) is 0 Å². The number of piperidine rings is 1. The summed E-state index contributed by atoms with van der Waals surface area (Å²) in [6.45, 7) is 0.584. The number of carbonyl (C=O) groups is 1. The highest BCUT2D eigenvalue weighted by molar-refractivity contribution is 7.89.